The zero-order chi connectivity index (χ0) is 24.5. The fourth-order valence-electron chi connectivity index (χ4n) is 4.17. The van der Waals surface area contributed by atoms with Gasteiger partial charge in [-0.25, -0.2) is 8.42 Å². The molecule has 0 aliphatic carbocycles. The smallest absolute Gasteiger partial charge is 0.223 e. The molecule has 1 aliphatic rings. The van der Waals surface area contributed by atoms with Gasteiger partial charge in [-0.05, 0) is 64.6 Å². The van der Waals surface area contributed by atoms with E-state index in [1.807, 2.05) is 31.3 Å². The highest BCUT2D eigenvalue weighted by Gasteiger charge is 2.24. The highest BCUT2D eigenvalue weighted by molar-refractivity contribution is 14.1. The molecule has 10 heteroatoms. The van der Waals surface area contributed by atoms with Crippen molar-refractivity contribution in [3.05, 3.63) is 55.3 Å². The molecule has 1 amide bonds. The third-order valence-corrected chi connectivity index (χ3v) is 10.1. The van der Waals surface area contributed by atoms with Gasteiger partial charge in [0.2, 0.25) is 5.91 Å². The molecule has 1 fully saturated rings. The first-order valence-corrected chi connectivity index (χ1v) is 14.7. The number of thiazole rings is 1. The molecule has 0 spiro atoms. The summed E-state index contributed by atoms with van der Waals surface area (Å²) in [6.07, 6.45) is 0.00822. The van der Waals surface area contributed by atoms with Crippen molar-refractivity contribution in [1.29, 1.82) is 0 Å². The average Bonchev–Trinajstić information content (AvgIpc) is 3.10. The van der Waals surface area contributed by atoms with Crippen molar-refractivity contribution >= 4 is 60.4 Å². The summed E-state index contributed by atoms with van der Waals surface area (Å²) >= 11 is 3.94. The minimum atomic E-state index is -3.53. The molecule has 0 N–H and O–H groups in total. The minimum absolute atomic E-state index is 0.00822. The second kappa shape index (κ2) is 10.5. The lowest BCUT2D eigenvalue weighted by atomic mass is 10.1. The number of hydrogen-bond donors (Lipinski definition) is 0. The Morgan fingerprint density at radius 1 is 1.09 bits per heavy atom. The van der Waals surface area contributed by atoms with E-state index in [9.17, 15) is 13.2 Å². The molecule has 7 nitrogen and oxygen atoms in total. The molecule has 1 aliphatic heterocycles. The van der Waals surface area contributed by atoms with Crippen LogP contribution in [0.3, 0.4) is 0 Å². The molecule has 0 saturated carbocycles. The second-order valence-electron chi connectivity index (χ2n) is 8.55. The monoisotopic (exact) mass is 612 g/mol. The van der Waals surface area contributed by atoms with Gasteiger partial charge in [0.05, 0.1) is 10.6 Å². The van der Waals surface area contributed by atoms with E-state index in [2.05, 4.69) is 44.0 Å². The topological polar surface area (TPSA) is 75.0 Å². The number of halogens is 1. The highest BCUT2D eigenvalue weighted by Crippen LogP contribution is 2.23. The van der Waals surface area contributed by atoms with Gasteiger partial charge in [-0.15, -0.1) is 11.3 Å². The molecular formula is C24H29IN4O3S2. The Morgan fingerprint density at radius 3 is 2.44 bits per heavy atom. The van der Waals surface area contributed by atoms with Crippen molar-refractivity contribution in [3.63, 3.8) is 0 Å². The van der Waals surface area contributed by atoms with E-state index in [0.29, 0.717) is 13.1 Å². The summed E-state index contributed by atoms with van der Waals surface area (Å²) in [6, 6.07) is 11.1. The predicted molar refractivity (Wildman–Crippen MR) is 145 cm³/mol. The van der Waals surface area contributed by atoms with E-state index >= 15 is 0 Å². The Balaban J connectivity index is 1.32. The lowest BCUT2D eigenvalue weighted by Crippen LogP contribution is -2.48. The van der Waals surface area contributed by atoms with Gasteiger partial charge < -0.3 is 9.47 Å². The van der Waals surface area contributed by atoms with Crippen LogP contribution in [0.4, 0.5) is 0 Å². The molecule has 0 bridgehead atoms. The SMILES string of the molecule is CN=c1sc(CN2CCN(C(=O)CCS(=O)(=O)c3ccc4cc(I)ccc4c3)CC2)c(C)n1C. The van der Waals surface area contributed by atoms with Gasteiger partial charge in [0.25, 0.3) is 0 Å². The standard InChI is InChI=1S/C24H29IN4O3S2/c1-17-22(33-24(26-2)27(17)3)16-28-9-11-29(12-10-28)23(30)8-13-34(31,32)21-7-5-18-14-20(25)6-4-19(18)15-21/h4-7,14-15H,8-13,16H2,1-3H3. The van der Waals surface area contributed by atoms with E-state index in [1.54, 1.807) is 35.4 Å². The molecular weight excluding hydrogens is 583 g/mol. The van der Waals surface area contributed by atoms with Crippen LogP contribution < -0.4 is 4.80 Å². The third kappa shape index (κ3) is 5.55. The van der Waals surface area contributed by atoms with E-state index in [-0.39, 0.29) is 23.0 Å². The summed E-state index contributed by atoms with van der Waals surface area (Å²) in [6.45, 7) is 5.75. The summed E-state index contributed by atoms with van der Waals surface area (Å²) in [7, 11) is 0.309. The van der Waals surface area contributed by atoms with Gasteiger partial charge in [-0.1, -0.05) is 12.1 Å². The van der Waals surface area contributed by atoms with E-state index in [1.165, 1.54) is 10.6 Å². The predicted octanol–water partition coefficient (Wildman–Crippen LogP) is 3.19. The van der Waals surface area contributed by atoms with Gasteiger partial charge >= 0.3 is 0 Å². The van der Waals surface area contributed by atoms with Crippen LogP contribution in [0, 0.1) is 10.5 Å². The number of fused-ring (bicyclic) bond motifs is 1. The molecule has 0 radical (unpaired) electrons. The first kappa shape index (κ1) is 25.3. The third-order valence-electron chi connectivity index (χ3n) is 6.41. The van der Waals surface area contributed by atoms with Crippen LogP contribution in [-0.2, 0) is 28.2 Å². The van der Waals surface area contributed by atoms with Crippen LogP contribution in [0.15, 0.2) is 46.3 Å². The van der Waals surface area contributed by atoms with Crippen molar-refractivity contribution in [2.45, 2.75) is 24.8 Å². The first-order valence-electron chi connectivity index (χ1n) is 11.2. The van der Waals surface area contributed by atoms with E-state index < -0.39 is 9.84 Å². The summed E-state index contributed by atoms with van der Waals surface area (Å²) in [5.41, 5.74) is 1.22. The Morgan fingerprint density at radius 2 is 1.76 bits per heavy atom. The average molecular weight is 613 g/mol. The number of benzene rings is 2. The molecule has 182 valence electrons. The Labute approximate surface area is 218 Å². The Kier molecular flexibility index (Phi) is 7.80. The highest BCUT2D eigenvalue weighted by atomic mass is 127. The molecule has 3 aromatic rings. The second-order valence-corrected chi connectivity index (χ2v) is 13.0. The normalized spacial score (nSPS) is 15.9. The van der Waals surface area contributed by atoms with Gasteiger partial charge in [-0.3, -0.25) is 14.7 Å². The molecule has 1 aromatic heterocycles. The lowest BCUT2D eigenvalue weighted by Gasteiger charge is -2.34. The maximum Gasteiger partial charge on any atom is 0.223 e. The molecule has 34 heavy (non-hydrogen) atoms. The lowest BCUT2D eigenvalue weighted by molar-refractivity contribution is -0.132. The fourth-order valence-corrected chi connectivity index (χ4v) is 7.06. The maximum absolute atomic E-state index is 12.9. The maximum atomic E-state index is 12.9. The quantitative estimate of drug-likeness (QED) is 0.401. The number of carbonyl (C=O) groups is 1. The van der Waals surface area contributed by atoms with Crippen molar-refractivity contribution < 1.29 is 13.2 Å². The number of sulfone groups is 1. The van der Waals surface area contributed by atoms with Crippen molar-refractivity contribution in [1.82, 2.24) is 14.4 Å². The Hall–Kier alpha value is -1.76. The fraction of sp³-hybridized carbons (Fsp3) is 0.417. The minimum Gasteiger partial charge on any atom is -0.340 e. The molecule has 4 rings (SSSR count). The molecule has 2 aromatic carbocycles. The van der Waals surface area contributed by atoms with Gasteiger partial charge in [-0.2, -0.15) is 0 Å². The van der Waals surface area contributed by atoms with Crippen LogP contribution in [-0.4, -0.2) is 67.7 Å². The zero-order valence-electron chi connectivity index (χ0n) is 19.6. The first-order chi connectivity index (χ1) is 16.2. The Bertz CT molecular complexity index is 1390. The number of rotatable bonds is 6. The van der Waals surface area contributed by atoms with Gasteiger partial charge in [0.15, 0.2) is 14.6 Å². The molecule has 0 atom stereocenters. The van der Waals surface area contributed by atoms with Crippen molar-refractivity contribution in [2.75, 3.05) is 39.0 Å². The van der Waals surface area contributed by atoms with E-state index in [0.717, 1.165) is 38.8 Å². The number of hydrogen-bond acceptors (Lipinski definition) is 6. The largest absolute Gasteiger partial charge is 0.340 e. The number of nitrogens with zero attached hydrogens (tertiary/aromatic N) is 4. The molecule has 2 heterocycles. The van der Waals surface area contributed by atoms with Crippen LogP contribution in [0.1, 0.15) is 17.0 Å². The van der Waals surface area contributed by atoms with Gasteiger partial charge in [0, 0.05) is 67.4 Å². The zero-order valence-corrected chi connectivity index (χ0v) is 23.4. The number of amides is 1. The van der Waals surface area contributed by atoms with Gasteiger partial charge in [0.1, 0.15) is 0 Å². The molecule has 0 unspecified atom stereocenters. The number of carbonyl (C=O) groups excluding carboxylic acids is 1. The van der Waals surface area contributed by atoms with Crippen LogP contribution in [0.2, 0.25) is 0 Å². The molecule has 1 saturated heterocycles. The van der Waals surface area contributed by atoms with Crippen LogP contribution >= 0.6 is 33.9 Å². The summed E-state index contributed by atoms with van der Waals surface area (Å²) in [5, 5.41) is 1.89. The van der Waals surface area contributed by atoms with Crippen LogP contribution in [0.25, 0.3) is 10.8 Å². The van der Waals surface area contributed by atoms with Crippen molar-refractivity contribution in [2.24, 2.45) is 12.0 Å². The summed E-state index contributed by atoms with van der Waals surface area (Å²) in [4.78, 5) is 23.8. The number of aromatic nitrogens is 1. The summed E-state index contributed by atoms with van der Waals surface area (Å²) in [5.74, 6) is -0.264. The van der Waals surface area contributed by atoms with Crippen LogP contribution in [0.5, 0.6) is 0 Å². The van der Waals surface area contributed by atoms with E-state index in [4.69, 9.17) is 0 Å². The number of piperazine rings is 1. The summed E-state index contributed by atoms with van der Waals surface area (Å²) < 4.78 is 29.0. The van der Waals surface area contributed by atoms with Crippen molar-refractivity contribution in [3.8, 4) is 0 Å².